The van der Waals surface area contributed by atoms with Crippen LogP contribution in [0.15, 0.2) is 158 Å². The van der Waals surface area contributed by atoms with E-state index in [1.807, 2.05) is 98.8 Å². The molecule has 8 nitrogen and oxygen atoms in total. The summed E-state index contributed by atoms with van der Waals surface area (Å²) in [5.74, 6) is 0.673. The van der Waals surface area contributed by atoms with Gasteiger partial charge >= 0.3 is 103 Å². The average molecular weight is 1340 g/mol. The van der Waals surface area contributed by atoms with Crippen molar-refractivity contribution >= 4 is 22.7 Å². The van der Waals surface area contributed by atoms with Crippen molar-refractivity contribution < 1.29 is 52.8 Å². The SMILES string of the molecule is COCCCN(c1ccccc1-c1cc(C)cc(C(C)(C)C)c1[O-])c1cc(C)cc(C(C)(C)C)c1O.COCCCN(c1ccccc1-c1cc(C)cc(C(C)(C)C)c1[O-])c1cc(C)cc(C(C)(C)C)c1O.c1ccc([CH2][Hf+2][CH2]c2ccccc2)cc1. The minimum absolute atomic E-state index is 0.0567. The van der Waals surface area contributed by atoms with Crippen molar-refractivity contribution in [1.29, 1.82) is 0 Å². The number of hydrogen-bond acceptors (Lipinski definition) is 8. The Balaban J connectivity index is 0.000000225. The molecular weight excluding hydrogens is 1240 g/mol. The Morgan fingerprint density at radius 2 is 0.678 bits per heavy atom. The molecule has 8 aromatic rings. The van der Waals surface area contributed by atoms with E-state index in [9.17, 15) is 20.4 Å². The molecule has 0 spiro atoms. The second-order valence-corrected chi connectivity index (χ2v) is 31.7. The van der Waals surface area contributed by atoms with Gasteiger partial charge in [-0.05, 0) is 120 Å². The molecule has 0 aliphatic heterocycles. The molecule has 9 heteroatoms. The Hall–Kier alpha value is -6.65. The molecule has 0 saturated heterocycles. The number of aromatic hydroxyl groups is 2. The van der Waals surface area contributed by atoms with E-state index in [1.165, 1.54) is 19.5 Å². The molecule has 8 rings (SSSR count). The van der Waals surface area contributed by atoms with E-state index in [-0.39, 0.29) is 44.7 Å². The Morgan fingerprint density at radius 3 is 1.00 bits per heavy atom. The molecule has 0 aliphatic carbocycles. The van der Waals surface area contributed by atoms with E-state index in [2.05, 4.69) is 180 Å². The van der Waals surface area contributed by atoms with Crippen LogP contribution in [0.25, 0.3) is 22.3 Å². The Bertz CT molecular complexity index is 3280. The zero-order valence-electron chi connectivity index (χ0n) is 55.6. The number of rotatable bonds is 18. The van der Waals surface area contributed by atoms with Crippen LogP contribution in [-0.4, -0.2) is 50.7 Å². The third-order valence-electron chi connectivity index (χ3n) is 15.5. The number of aryl methyl sites for hydroxylation is 4. The quantitative estimate of drug-likeness (QED) is 0.0646. The number of phenolic OH excluding ortho intramolecular Hbond substituents is 2. The molecule has 0 atom stereocenters. The molecule has 0 amide bonds. The maximum atomic E-state index is 13.8. The summed E-state index contributed by atoms with van der Waals surface area (Å²) in [6.07, 6.45) is 1.54. The van der Waals surface area contributed by atoms with Crippen molar-refractivity contribution in [2.45, 2.75) is 154 Å². The van der Waals surface area contributed by atoms with E-state index in [4.69, 9.17) is 9.47 Å². The van der Waals surface area contributed by atoms with Gasteiger partial charge in [-0.2, -0.15) is 0 Å². The van der Waals surface area contributed by atoms with Crippen molar-refractivity contribution in [2.24, 2.45) is 0 Å². The molecule has 460 valence electrons. The zero-order chi connectivity index (χ0) is 64.0. The van der Waals surface area contributed by atoms with Crippen LogP contribution in [0.5, 0.6) is 23.0 Å². The van der Waals surface area contributed by atoms with Crippen LogP contribution in [-0.2, 0) is 62.4 Å². The summed E-state index contributed by atoms with van der Waals surface area (Å²) in [4.78, 5) is 4.29. The maximum absolute atomic E-state index is 13.8. The summed E-state index contributed by atoms with van der Waals surface area (Å²) in [7, 11) is 3.40. The molecule has 0 bridgehead atoms. The summed E-state index contributed by atoms with van der Waals surface area (Å²) in [6.45, 7) is 35.8. The molecule has 0 heterocycles. The van der Waals surface area contributed by atoms with Gasteiger partial charge in [-0.25, -0.2) is 0 Å². The second-order valence-electron chi connectivity index (χ2n) is 27.3. The molecule has 0 fully saturated rings. The van der Waals surface area contributed by atoms with Crippen LogP contribution >= 0.6 is 0 Å². The summed E-state index contributed by atoms with van der Waals surface area (Å²) >= 11 is -0.471. The topological polar surface area (TPSA) is 112 Å². The van der Waals surface area contributed by atoms with E-state index in [0.29, 0.717) is 37.4 Å². The van der Waals surface area contributed by atoms with Gasteiger partial charge in [0.1, 0.15) is 11.5 Å². The summed E-state index contributed by atoms with van der Waals surface area (Å²) in [5, 5.41) is 50.5. The fourth-order valence-corrected chi connectivity index (χ4v) is 15.2. The minimum atomic E-state index is -0.471. The normalized spacial score (nSPS) is 11.7. The molecule has 2 N–H and O–H groups in total. The molecule has 0 unspecified atom stereocenters. The Kier molecular flexibility index (Phi) is 24.4. The number of phenols is 2. The Labute approximate surface area is 534 Å². The van der Waals surface area contributed by atoms with Gasteiger partial charge in [-0.3, -0.25) is 0 Å². The third-order valence-corrected chi connectivity index (χ3v) is 20.3. The van der Waals surface area contributed by atoms with Gasteiger partial charge in [0.05, 0.1) is 11.4 Å². The zero-order valence-corrected chi connectivity index (χ0v) is 59.2. The van der Waals surface area contributed by atoms with Gasteiger partial charge in [0, 0.05) is 74.2 Å². The van der Waals surface area contributed by atoms with E-state index >= 15 is 0 Å². The van der Waals surface area contributed by atoms with Crippen LogP contribution in [0.2, 0.25) is 0 Å². The number of methoxy groups -OCH3 is 2. The summed E-state index contributed by atoms with van der Waals surface area (Å²) in [6, 6.07) is 53.9. The number of hydrogen-bond donors (Lipinski definition) is 2. The predicted molar refractivity (Wildman–Crippen MR) is 360 cm³/mol. The summed E-state index contributed by atoms with van der Waals surface area (Å²) < 4.78 is 13.5. The molecule has 8 aromatic carbocycles. The second kappa shape index (κ2) is 30.5. The van der Waals surface area contributed by atoms with Crippen molar-refractivity contribution in [3.63, 3.8) is 0 Å². The molecule has 0 aliphatic rings. The van der Waals surface area contributed by atoms with Gasteiger partial charge in [-0.15, -0.1) is 0 Å². The van der Waals surface area contributed by atoms with Crippen LogP contribution in [0.4, 0.5) is 22.7 Å². The number of nitrogens with zero attached hydrogens (tertiary/aromatic N) is 2. The fourth-order valence-electron chi connectivity index (χ4n) is 11.0. The Morgan fingerprint density at radius 1 is 0.379 bits per heavy atom. The van der Waals surface area contributed by atoms with Gasteiger partial charge in [0.2, 0.25) is 0 Å². The fraction of sp³-hybridized carbons (Fsp3) is 0.385. The van der Waals surface area contributed by atoms with Crippen LogP contribution in [0.1, 0.15) is 152 Å². The first kappa shape index (κ1) is 69.5. The first-order valence-corrected chi connectivity index (χ1v) is 35.9. The van der Waals surface area contributed by atoms with E-state index in [0.717, 1.165) is 91.2 Å². The van der Waals surface area contributed by atoms with Gasteiger partial charge in [-0.1, -0.05) is 179 Å². The van der Waals surface area contributed by atoms with Crippen LogP contribution in [0.3, 0.4) is 0 Å². The molecular formula is C78H98HfN2O6. The number of benzene rings is 8. The van der Waals surface area contributed by atoms with Crippen molar-refractivity contribution in [3.05, 3.63) is 213 Å². The molecule has 0 radical (unpaired) electrons. The first-order valence-electron chi connectivity index (χ1n) is 30.8. The van der Waals surface area contributed by atoms with Crippen molar-refractivity contribution in [2.75, 3.05) is 50.3 Å². The standard InChI is InChI=1S/2C32H43NO3.2C7H7.Hf/c2*1-21-17-24(29(34)25(18-21)31(3,4)5)23-13-10-11-14-27(23)33(15-12-16-36-9)28-20-22(2)19-26(30(28)35)32(6,7)8;2*1-7-5-3-2-4-6-7;/h2*10-11,13-14,17-20,34-35H,12,15-16H2,1-9H3;2*2-6H,1H2;/q;;;;+2/p-2. The average Bonchev–Trinajstić information content (AvgIpc) is 0.911. The van der Waals surface area contributed by atoms with Gasteiger partial charge in [0.15, 0.2) is 0 Å². The molecule has 0 aromatic heterocycles. The van der Waals surface area contributed by atoms with Crippen molar-refractivity contribution in [1.82, 2.24) is 0 Å². The monoisotopic (exact) mass is 1340 g/mol. The van der Waals surface area contributed by atoms with Crippen LogP contribution in [0, 0.1) is 27.7 Å². The molecule has 87 heavy (non-hydrogen) atoms. The van der Waals surface area contributed by atoms with Crippen molar-refractivity contribution in [3.8, 4) is 45.3 Å². The van der Waals surface area contributed by atoms with Crippen LogP contribution < -0.4 is 20.0 Å². The van der Waals surface area contributed by atoms with E-state index in [1.54, 1.807) is 14.2 Å². The first-order chi connectivity index (χ1) is 41.0. The number of anilines is 4. The number of ether oxygens (including phenoxy) is 2. The number of para-hydroxylation sites is 2. The predicted octanol–water partition coefficient (Wildman–Crippen LogP) is 18.5. The third kappa shape index (κ3) is 18.7. The van der Waals surface area contributed by atoms with Gasteiger partial charge in [0.25, 0.3) is 0 Å². The van der Waals surface area contributed by atoms with E-state index < -0.39 is 22.9 Å². The van der Waals surface area contributed by atoms with Gasteiger partial charge < -0.3 is 39.7 Å². The summed E-state index contributed by atoms with van der Waals surface area (Å²) in [5.41, 5.74) is 16.2. The molecule has 0 saturated carbocycles.